The van der Waals surface area contributed by atoms with E-state index in [2.05, 4.69) is 15.3 Å². The Morgan fingerprint density at radius 2 is 1.85 bits per heavy atom. The normalized spacial score (nSPS) is 12.3. The van der Waals surface area contributed by atoms with Gasteiger partial charge in [0.2, 0.25) is 5.91 Å². The predicted octanol–water partition coefficient (Wildman–Crippen LogP) is 4.57. The molecule has 40 heavy (non-hydrogen) atoms. The predicted molar refractivity (Wildman–Crippen MR) is 137 cm³/mol. The van der Waals surface area contributed by atoms with E-state index in [1.165, 1.54) is 26.3 Å². The fourth-order valence-electron chi connectivity index (χ4n) is 4.44. The third kappa shape index (κ3) is 5.42. The molecule has 4 rings (SSSR count). The maximum absolute atomic E-state index is 13.8. The summed E-state index contributed by atoms with van der Waals surface area (Å²) in [5, 5.41) is 17.1. The third-order valence-corrected chi connectivity index (χ3v) is 6.44. The van der Waals surface area contributed by atoms with Gasteiger partial charge < -0.3 is 4.90 Å². The first kappa shape index (κ1) is 28.4. The molecule has 9 nitrogen and oxygen atoms in total. The van der Waals surface area contributed by atoms with Crippen LogP contribution in [0.1, 0.15) is 55.7 Å². The number of halogens is 4. The number of hydrogen-bond donors (Lipinski definition) is 0. The maximum Gasteiger partial charge on any atom is 0.419 e. The molecule has 208 valence electrons. The van der Waals surface area contributed by atoms with Gasteiger partial charge in [-0.05, 0) is 62.2 Å². The van der Waals surface area contributed by atoms with E-state index in [0.29, 0.717) is 36.3 Å². The van der Waals surface area contributed by atoms with Crippen molar-refractivity contribution in [3.63, 3.8) is 0 Å². The first-order valence-electron chi connectivity index (χ1n) is 12.5. The average molecular weight is 556 g/mol. The molecule has 0 aliphatic heterocycles. The fraction of sp³-hybridized carbons (Fsp3) is 0.333. The van der Waals surface area contributed by atoms with Crippen LogP contribution in [-0.2, 0) is 23.9 Å². The molecule has 0 radical (unpaired) electrons. The van der Waals surface area contributed by atoms with Gasteiger partial charge in [0, 0.05) is 13.1 Å². The summed E-state index contributed by atoms with van der Waals surface area (Å²) in [6, 6.07) is 9.85. The second-order valence-corrected chi connectivity index (χ2v) is 9.10. The summed E-state index contributed by atoms with van der Waals surface area (Å²) in [5.74, 6) is -1.78. The number of alkyl halides is 3. The number of aromatic nitrogens is 5. The lowest BCUT2D eigenvalue weighted by atomic mass is 10.1. The smallest absolute Gasteiger partial charge is 0.332 e. The van der Waals surface area contributed by atoms with Gasteiger partial charge in [-0.1, -0.05) is 18.2 Å². The van der Waals surface area contributed by atoms with Crippen LogP contribution in [0.15, 0.2) is 47.3 Å². The summed E-state index contributed by atoms with van der Waals surface area (Å²) in [5.41, 5.74) is -1.00. The van der Waals surface area contributed by atoms with Gasteiger partial charge >= 0.3 is 6.18 Å². The summed E-state index contributed by atoms with van der Waals surface area (Å²) < 4.78 is 56.3. The highest BCUT2D eigenvalue weighted by molar-refractivity contribution is 5.79. The zero-order valence-corrected chi connectivity index (χ0v) is 21.9. The molecule has 0 aliphatic rings. The minimum atomic E-state index is -4.91. The quantitative estimate of drug-likeness (QED) is 0.295. The monoisotopic (exact) mass is 555 g/mol. The van der Waals surface area contributed by atoms with Gasteiger partial charge in [-0.15, -0.1) is 5.10 Å². The van der Waals surface area contributed by atoms with Crippen molar-refractivity contribution in [1.29, 1.82) is 5.26 Å². The molecule has 0 fully saturated rings. The molecule has 0 saturated heterocycles. The van der Waals surface area contributed by atoms with Gasteiger partial charge in [0.05, 0.1) is 35.3 Å². The van der Waals surface area contributed by atoms with Crippen molar-refractivity contribution in [2.45, 2.75) is 52.4 Å². The highest BCUT2D eigenvalue weighted by Gasteiger charge is 2.35. The average Bonchev–Trinajstić information content (AvgIpc) is 3.35. The lowest BCUT2D eigenvalue weighted by Gasteiger charge is -2.30. The number of amides is 1. The third-order valence-electron chi connectivity index (χ3n) is 6.44. The molecule has 0 spiro atoms. The first-order chi connectivity index (χ1) is 19.0. The van der Waals surface area contributed by atoms with Crippen LogP contribution in [0, 0.1) is 17.1 Å². The minimum Gasteiger partial charge on any atom is -0.332 e. The Morgan fingerprint density at radius 3 is 2.45 bits per heavy atom. The van der Waals surface area contributed by atoms with Crippen molar-refractivity contribution < 1.29 is 22.4 Å². The zero-order chi connectivity index (χ0) is 29.2. The number of carbonyl (C=O) groups is 1. The van der Waals surface area contributed by atoms with Crippen LogP contribution in [-0.4, -0.2) is 41.9 Å². The van der Waals surface area contributed by atoms with E-state index in [-0.39, 0.29) is 29.1 Å². The topological polar surface area (TPSA) is 110 Å². The van der Waals surface area contributed by atoms with Crippen molar-refractivity contribution in [3.05, 3.63) is 81.2 Å². The zero-order valence-electron chi connectivity index (χ0n) is 21.9. The Kier molecular flexibility index (Phi) is 7.99. The van der Waals surface area contributed by atoms with Gasteiger partial charge in [-0.3, -0.25) is 14.2 Å². The maximum atomic E-state index is 13.8. The second-order valence-electron chi connectivity index (χ2n) is 9.10. The highest BCUT2D eigenvalue weighted by Crippen LogP contribution is 2.32. The summed E-state index contributed by atoms with van der Waals surface area (Å²) in [6.07, 6.45) is -4.83. The number of nitrogens with zero attached hydrogens (tertiary/aromatic N) is 7. The summed E-state index contributed by atoms with van der Waals surface area (Å²) >= 11 is 0. The first-order valence-corrected chi connectivity index (χ1v) is 12.5. The van der Waals surface area contributed by atoms with Gasteiger partial charge in [-0.2, -0.15) is 18.4 Å². The summed E-state index contributed by atoms with van der Waals surface area (Å²) in [6.45, 7) is 5.87. The van der Waals surface area contributed by atoms with E-state index in [0.717, 1.165) is 6.07 Å². The highest BCUT2D eigenvalue weighted by atomic mass is 19.4. The van der Waals surface area contributed by atoms with E-state index >= 15 is 0 Å². The van der Waals surface area contributed by atoms with Crippen LogP contribution in [0.4, 0.5) is 17.6 Å². The Bertz CT molecular complexity index is 1650. The molecular weight excluding hydrogens is 530 g/mol. The number of rotatable bonds is 8. The molecule has 0 N–H and O–H groups in total. The van der Waals surface area contributed by atoms with Crippen LogP contribution in [0.5, 0.6) is 0 Å². The van der Waals surface area contributed by atoms with Crippen molar-refractivity contribution >= 4 is 17.1 Å². The van der Waals surface area contributed by atoms with Crippen molar-refractivity contribution in [2.75, 3.05) is 6.54 Å². The number of nitriles is 1. The van der Waals surface area contributed by atoms with Crippen LogP contribution < -0.4 is 5.56 Å². The van der Waals surface area contributed by atoms with Crippen LogP contribution in [0.25, 0.3) is 16.9 Å². The molecule has 0 aliphatic carbocycles. The SMILES string of the molecule is CCCN(C(=O)Cc1ccc(F)c(C(F)(F)F)c1)[C@H](C)c1nc2c(nnn2CC)c(=O)n1-c1ccc(C#N)cc1. The van der Waals surface area contributed by atoms with Gasteiger partial charge in [-0.25, -0.2) is 14.1 Å². The molecule has 0 bridgehead atoms. The van der Waals surface area contributed by atoms with Gasteiger partial charge in [0.25, 0.3) is 5.56 Å². The van der Waals surface area contributed by atoms with Crippen molar-refractivity contribution in [1.82, 2.24) is 29.4 Å². The largest absolute Gasteiger partial charge is 0.419 e. The lowest BCUT2D eigenvalue weighted by Crippen LogP contribution is -2.39. The van der Waals surface area contributed by atoms with E-state index in [9.17, 15) is 32.4 Å². The summed E-state index contributed by atoms with van der Waals surface area (Å²) in [4.78, 5) is 33.2. The number of carbonyl (C=O) groups excluding carboxylic acids is 1. The molecule has 2 aromatic carbocycles. The second kappa shape index (κ2) is 11.3. The molecule has 0 saturated carbocycles. The Labute approximate surface area is 226 Å². The number of hydrogen-bond acceptors (Lipinski definition) is 6. The number of aryl methyl sites for hydroxylation is 1. The molecular formula is C27H25F4N7O2. The molecule has 2 aromatic heterocycles. The molecule has 1 atom stereocenters. The van der Waals surface area contributed by atoms with Crippen LogP contribution in [0.3, 0.4) is 0 Å². The lowest BCUT2D eigenvalue weighted by molar-refractivity contribution is -0.140. The molecule has 4 aromatic rings. The molecule has 13 heteroatoms. The van der Waals surface area contributed by atoms with E-state index in [4.69, 9.17) is 0 Å². The molecule has 0 unspecified atom stereocenters. The number of benzene rings is 2. The Morgan fingerprint density at radius 1 is 1.15 bits per heavy atom. The van der Waals surface area contributed by atoms with Crippen LogP contribution in [0.2, 0.25) is 0 Å². The van der Waals surface area contributed by atoms with Crippen molar-refractivity contribution in [3.8, 4) is 11.8 Å². The van der Waals surface area contributed by atoms with Gasteiger partial charge in [0.1, 0.15) is 11.6 Å². The minimum absolute atomic E-state index is 0.00631. The van der Waals surface area contributed by atoms with Crippen molar-refractivity contribution in [2.24, 2.45) is 0 Å². The number of fused-ring (bicyclic) bond motifs is 1. The standard InChI is InChI=1S/C27H25F4N7O2/c1-4-12-36(22(39)14-18-8-11-21(28)20(13-18)27(29,30)31)16(3)24-33-25-23(34-35-37(25)5-2)26(40)38(24)19-9-6-17(15-32)7-10-19/h6-11,13,16H,4-5,12,14H2,1-3H3/t16-/m1/s1. The van der Waals surface area contributed by atoms with Crippen LogP contribution >= 0.6 is 0 Å². The van der Waals surface area contributed by atoms with Gasteiger partial charge in [0.15, 0.2) is 11.2 Å². The Hall–Kier alpha value is -4.60. The summed E-state index contributed by atoms with van der Waals surface area (Å²) in [7, 11) is 0. The molecule has 2 heterocycles. The van der Waals surface area contributed by atoms with E-state index < -0.39 is 41.5 Å². The fourth-order valence-corrected chi connectivity index (χ4v) is 4.44. The molecule has 1 amide bonds. The van der Waals surface area contributed by atoms with E-state index in [1.54, 1.807) is 26.0 Å². The van der Waals surface area contributed by atoms with E-state index in [1.807, 2.05) is 13.0 Å². The Balaban J connectivity index is 1.81.